The summed E-state index contributed by atoms with van der Waals surface area (Å²) in [4.78, 5) is 10.6. The lowest BCUT2D eigenvalue weighted by Gasteiger charge is -2.07. The van der Waals surface area contributed by atoms with Crippen LogP contribution in [-0.4, -0.2) is 13.4 Å². The highest BCUT2D eigenvalue weighted by atomic mass is 16.5. The van der Waals surface area contributed by atoms with Crippen LogP contribution in [0.1, 0.15) is 10.4 Å². The monoisotopic (exact) mass is 242 g/mol. The van der Waals surface area contributed by atoms with Crippen molar-refractivity contribution in [2.45, 2.75) is 0 Å². The Bertz CT molecular complexity index is 506. The Morgan fingerprint density at radius 3 is 2.72 bits per heavy atom. The molecule has 0 unspecified atom stereocenters. The fourth-order valence-electron chi connectivity index (χ4n) is 1.20. The Balaban J connectivity index is 2.72. The first-order chi connectivity index (χ1) is 8.81. The molecule has 18 heavy (non-hydrogen) atoms. The van der Waals surface area contributed by atoms with Crippen molar-refractivity contribution >= 4 is 6.29 Å². The molecule has 0 fully saturated rings. The highest BCUT2D eigenvalue weighted by Crippen LogP contribution is 2.27. The Kier molecular flexibility index (Phi) is 5.81. The highest BCUT2D eigenvalue weighted by molar-refractivity contribution is 5.76. The lowest BCUT2D eigenvalue weighted by atomic mass is 10.2. The van der Waals surface area contributed by atoms with Gasteiger partial charge in [0.15, 0.2) is 11.5 Å². The standard InChI is InChI=1S/C15H14O3/c1-3-4-5-6-7-10-18-14-9-8-13(12-16)11-15(14)17-2/h4-12H,1H2,2H3/b6-5+,10-7+. The van der Waals surface area contributed by atoms with Crippen LogP contribution in [0.3, 0.4) is 0 Å². The van der Waals surface area contributed by atoms with Crippen molar-refractivity contribution in [1.82, 2.24) is 0 Å². The number of rotatable bonds is 6. The summed E-state index contributed by atoms with van der Waals surface area (Å²) in [5, 5.41) is 0. The molecule has 0 bridgehead atoms. The summed E-state index contributed by atoms with van der Waals surface area (Å²) in [5.41, 5.74) is 3.16. The molecule has 0 spiro atoms. The molecular formula is C15H14O3. The minimum atomic E-state index is 0.513. The zero-order chi connectivity index (χ0) is 13.2. The van der Waals surface area contributed by atoms with Gasteiger partial charge in [-0.2, -0.15) is 0 Å². The minimum absolute atomic E-state index is 0.513. The van der Waals surface area contributed by atoms with Gasteiger partial charge in [-0.15, -0.1) is 5.73 Å². The van der Waals surface area contributed by atoms with Gasteiger partial charge >= 0.3 is 0 Å². The maximum absolute atomic E-state index is 10.6. The molecule has 0 radical (unpaired) electrons. The van der Waals surface area contributed by atoms with Crippen LogP contribution in [0.15, 0.2) is 61.1 Å². The van der Waals surface area contributed by atoms with E-state index in [-0.39, 0.29) is 0 Å². The van der Waals surface area contributed by atoms with Gasteiger partial charge in [-0.25, -0.2) is 0 Å². The maximum atomic E-state index is 10.6. The van der Waals surface area contributed by atoms with Gasteiger partial charge in [-0.1, -0.05) is 18.7 Å². The second kappa shape index (κ2) is 7.71. The molecule has 1 aromatic rings. The third-order valence-electron chi connectivity index (χ3n) is 2.03. The largest absolute Gasteiger partial charge is 0.493 e. The molecule has 0 N–H and O–H groups in total. The topological polar surface area (TPSA) is 35.5 Å². The van der Waals surface area contributed by atoms with Gasteiger partial charge in [0.2, 0.25) is 0 Å². The summed E-state index contributed by atoms with van der Waals surface area (Å²) in [6, 6.07) is 4.96. The fraction of sp³-hybridized carbons (Fsp3) is 0.0667. The second-order valence-corrected chi connectivity index (χ2v) is 3.23. The van der Waals surface area contributed by atoms with Crippen molar-refractivity contribution in [3.05, 3.63) is 66.6 Å². The smallest absolute Gasteiger partial charge is 0.168 e. The van der Waals surface area contributed by atoms with Gasteiger partial charge in [-0.3, -0.25) is 4.79 Å². The van der Waals surface area contributed by atoms with Crippen LogP contribution in [0.2, 0.25) is 0 Å². The normalized spacial score (nSPS) is 10.3. The molecule has 0 saturated heterocycles. The van der Waals surface area contributed by atoms with E-state index >= 15 is 0 Å². The summed E-state index contributed by atoms with van der Waals surface area (Å²) >= 11 is 0. The van der Waals surface area contributed by atoms with E-state index in [1.807, 2.05) is 0 Å². The van der Waals surface area contributed by atoms with Gasteiger partial charge < -0.3 is 9.47 Å². The van der Waals surface area contributed by atoms with Crippen molar-refractivity contribution in [1.29, 1.82) is 0 Å². The fourth-order valence-corrected chi connectivity index (χ4v) is 1.20. The van der Waals surface area contributed by atoms with E-state index in [9.17, 15) is 4.79 Å². The molecule has 0 heterocycles. The molecule has 1 rings (SSSR count). The average Bonchev–Trinajstić information content (AvgIpc) is 2.42. The third kappa shape index (κ3) is 4.16. The number of carbonyl (C=O) groups excluding carboxylic acids is 1. The predicted octanol–water partition coefficient (Wildman–Crippen LogP) is 3.30. The van der Waals surface area contributed by atoms with Crippen LogP contribution in [-0.2, 0) is 0 Å². The van der Waals surface area contributed by atoms with E-state index in [0.717, 1.165) is 6.29 Å². The number of carbonyl (C=O) groups is 1. The number of hydrogen-bond donors (Lipinski definition) is 0. The minimum Gasteiger partial charge on any atom is -0.493 e. The summed E-state index contributed by atoms with van der Waals surface area (Å²) < 4.78 is 10.5. The molecule has 0 aliphatic rings. The van der Waals surface area contributed by atoms with Gasteiger partial charge in [0.05, 0.1) is 13.4 Å². The van der Waals surface area contributed by atoms with E-state index in [2.05, 4.69) is 12.3 Å². The number of allylic oxidation sites excluding steroid dienone is 4. The molecule has 3 heteroatoms. The lowest BCUT2D eigenvalue weighted by molar-refractivity contribution is 0.112. The number of ether oxygens (including phenoxy) is 2. The summed E-state index contributed by atoms with van der Waals surface area (Å²) in [5.74, 6) is 1.06. The van der Waals surface area contributed by atoms with Gasteiger partial charge in [-0.05, 0) is 30.4 Å². The summed E-state index contributed by atoms with van der Waals surface area (Å²) in [7, 11) is 1.52. The van der Waals surface area contributed by atoms with Crippen LogP contribution in [0, 0.1) is 0 Å². The first-order valence-corrected chi connectivity index (χ1v) is 5.29. The molecular weight excluding hydrogens is 228 g/mol. The molecule has 0 aliphatic carbocycles. The Hall–Kier alpha value is -2.51. The van der Waals surface area contributed by atoms with Crippen LogP contribution >= 0.6 is 0 Å². The van der Waals surface area contributed by atoms with E-state index in [0.29, 0.717) is 17.1 Å². The second-order valence-electron chi connectivity index (χ2n) is 3.23. The SMILES string of the molecule is C=C=C/C=C/C=C/Oc1ccc(C=O)cc1OC. The maximum Gasteiger partial charge on any atom is 0.168 e. The number of benzene rings is 1. The van der Waals surface area contributed by atoms with Crippen LogP contribution in [0.25, 0.3) is 0 Å². The summed E-state index contributed by atoms with van der Waals surface area (Å²) in [6.45, 7) is 3.43. The van der Waals surface area contributed by atoms with Gasteiger partial charge in [0.25, 0.3) is 0 Å². The molecule has 0 saturated carbocycles. The summed E-state index contributed by atoms with van der Waals surface area (Å²) in [6.07, 6.45) is 9.24. The quantitative estimate of drug-likeness (QED) is 0.332. The Labute approximate surface area is 106 Å². The Morgan fingerprint density at radius 2 is 2.06 bits per heavy atom. The van der Waals surface area contributed by atoms with Crippen molar-refractivity contribution in [2.24, 2.45) is 0 Å². The predicted molar refractivity (Wildman–Crippen MR) is 71.0 cm³/mol. The van der Waals surface area contributed by atoms with Crippen molar-refractivity contribution in [3.63, 3.8) is 0 Å². The van der Waals surface area contributed by atoms with E-state index in [1.165, 1.54) is 13.4 Å². The van der Waals surface area contributed by atoms with Crippen molar-refractivity contribution < 1.29 is 14.3 Å². The number of methoxy groups -OCH3 is 1. The van der Waals surface area contributed by atoms with Gasteiger partial charge in [0.1, 0.15) is 6.29 Å². The Morgan fingerprint density at radius 1 is 1.22 bits per heavy atom. The van der Waals surface area contributed by atoms with Crippen molar-refractivity contribution in [3.8, 4) is 11.5 Å². The molecule has 0 amide bonds. The molecule has 0 aromatic heterocycles. The molecule has 0 atom stereocenters. The van der Waals surface area contributed by atoms with Crippen LogP contribution in [0.4, 0.5) is 0 Å². The zero-order valence-corrected chi connectivity index (χ0v) is 10.1. The first kappa shape index (κ1) is 13.6. The highest BCUT2D eigenvalue weighted by Gasteiger charge is 2.03. The van der Waals surface area contributed by atoms with Crippen LogP contribution in [0.5, 0.6) is 11.5 Å². The lowest BCUT2D eigenvalue weighted by Crippen LogP contribution is -1.91. The first-order valence-electron chi connectivity index (χ1n) is 5.29. The van der Waals surface area contributed by atoms with Gasteiger partial charge in [0, 0.05) is 5.56 Å². The van der Waals surface area contributed by atoms with Crippen LogP contribution < -0.4 is 9.47 Å². The van der Waals surface area contributed by atoms with E-state index in [1.54, 1.807) is 42.5 Å². The van der Waals surface area contributed by atoms with Crippen molar-refractivity contribution in [2.75, 3.05) is 7.11 Å². The van der Waals surface area contributed by atoms with E-state index in [4.69, 9.17) is 9.47 Å². The molecule has 3 nitrogen and oxygen atoms in total. The zero-order valence-electron chi connectivity index (χ0n) is 10.1. The average molecular weight is 242 g/mol. The third-order valence-corrected chi connectivity index (χ3v) is 2.03. The number of hydrogen-bond acceptors (Lipinski definition) is 3. The number of aldehydes is 1. The molecule has 1 aromatic carbocycles. The molecule has 0 aliphatic heterocycles. The molecule has 92 valence electrons. The van der Waals surface area contributed by atoms with E-state index < -0.39 is 0 Å².